The molecule has 0 saturated carbocycles. The maximum Gasteiger partial charge on any atom is 0.198 e. The molecule has 2 heterocycles. The van der Waals surface area contributed by atoms with Crippen LogP contribution in [-0.2, 0) is 0 Å². The predicted octanol–water partition coefficient (Wildman–Crippen LogP) is 5.64. The summed E-state index contributed by atoms with van der Waals surface area (Å²) in [5, 5.41) is 9.65. The van der Waals surface area contributed by atoms with Gasteiger partial charge in [0.1, 0.15) is 5.75 Å². The molecule has 31 heavy (non-hydrogen) atoms. The highest BCUT2D eigenvalue weighted by molar-refractivity contribution is 5.71. The molecule has 3 aromatic carbocycles. The van der Waals surface area contributed by atoms with E-state index in [1.165, 1.54) is 0 Å². The third kappa shape index (κ3) is 4.02. The molecule has 0 bridgehead atoms. The third-order valence-electron chi connectivity index (χ3n) is 4.88. The summed E-state index contributed by atoms with van der Waals surface area (Å²) < 4.78 is 0. The molecular weight excluding hydrogens is 384 g/mol. The van der Waals surface area contributed by atoms with Gasteiger partial charge in [-0.2, -0.15) is 0 Å². The molecule has 0 amide bonds. The number of benzene rings is 3. The fraction of sp³-hybridized carbons (Fsp3) is 0. The lowest BCUT2D eigenvalue weighted by Gasteiger charge is -2.09. The summed E-state index contributed by atoms with van der Waals surface area (Å²) in [7, 11) is 0. The van der Waals surface area contributed by atoms with Crippen molar-refractivity contribution < 1.29 is 5.11 Å². The minimum Gasteiger partial charge on any atom is -0.508 e. The summed E-state index contributed by atoms with van der Waals surface area (Å²) in [6.07, 6.45) is 1.73. The molecule has 5 heteroatoms. The second-order valence-electron chi connectivity index (χ2n) is 7.01. The molecule has 0 aliphatic heterocycles. The third-order valence-corrected chi connectivity index (χ3v) is 4.88. The summed E-state index contributed by atoms with van der Waals surface area (Å²) in [5.41, 5.74) is 5.18. The molecule has 0 atom stereocenters. The van der Waals surface area contributed by atoms with E-state index < -0.39 is 0 Å². The first-order chi connectivity index (χ1) is 15.3. The van der Waals surface area contributed by atoms with E-state index in [2.05, 4.69) is 4.98 Å². The highest BCUT2D eigenvalue weighted by Gasteiger charge is 2.13. The molecule has 1 N–H and O–H groups in total. The first kappa shape index (κ1) is 18.6. The lowest BCUT2D eigenvalue weighted by molar-refractivity contribution is 0.475. The number of aromatic hydroxyl groups is 1. The van der Waals surface area contributed by atoms with E-state index >= 15 is 0 Å². The first-order valence-corrected chi connectivity index (χ1v) is 9.89. The number of phenols is 1. The van der Waals surface area contributed by atoms with E-state index in [1.54, 1.807) is 18.3 Å². The zero-order valence-corrected chi connectivity index (χ0v) is 16.6. The lowest BCUT2D eigenvalue weighted by atomic mass is 10.1. The Balaban J connectivity index is 1.66. The van der Waals surface area contributed by atoms with Crippen molar-refractivity contribution in [1.29, 1.82) is 0 Å². The standard InChI is InChI=1S/C26H18N4O/c31-21-13-11-20(12-14-21)24-17-23(19-9-5-2-6-10-19)29-26(30-24)25-27-16-15-22(28-25)18-7-3-1-4-8-18/h1-17,31H. The van der Waals surface area contributed by atoms with Crippen molar-refractivity contribution in [2.24, 2.45) is 0 Å². The zero-order valence-electron chi connectivity index (χ0n) is 16.6. The van der Waals surface area contributed by atoms with Gasteiger partial charge in [-0.15, -0.1) is 0 Å². The van der Waals surface area contributed by atoms with E-state index in [9.17, 15) is 5.11 Å². The van der Waals surface area contributed by atoms with E-state index in [4.69, 9.17) is 15.0 Å². The van der Waals surface area contributed by atoms with Gasteiger partial charge in [0, 0.05) is 22.9 Å². The lowest BCUT2D eigenvalue weighted by Crippen LogP contribution is -2.00. The number of phenolic OH excluding ortho intramolecular Hbond substituents is 1. The molecule has 5 rings (SSSR count). The summed E-state index contributed by atoms with van der Waals surface area (Å²) in [5.74, 6) is 1.11. The van der Waals surface area contributed by atoms with Gasteiger partial charge in [-0.05, 0) is 36.4 Å². The quantitative estimate of drug-likeness (QED) is 0.421. The van der Waals surface area contributed by atoms with Gasteiger partial charge in [-0.25, -0.2) is 19.9 Å². The van der Waals surface area contributed by atoms with Crippen molar-refractivity contribution in [1.82, 2.24) is 19.9 Å². The van der Waals surface area contributed by atoms with Crippen LogP contribution in [0.15, 0.2) is 103 Å². The molecule has 0 radical (unpaired) electrons. The Labute approximate surface area is 179 Å². The summed E-state index contributed by atoms with van der Waals surface area (Å²) in [6.45, 7) is 0. The van der Waals surface area contributed by atoms with Crippen LogP contribution in [0.2, 0.25) is 0 Å². The zero-order chi connectivity index (χ0) is 21.0. The van der Waals surface area contributed by atoms with Crippen LogP contribution in [0.25, 0.3) is 45.4 Å². The highest BCUT2D eigenvalue weighted by atomic mass is 16.3. The minimum atomic E-state index is 0.209. The van der Waals surface area contributed by atoms with E-state index in [1.807, 2.05) is 84.9 Å². The Kier molecular flexibility index (Phi) is 4.91. The Morgan fingerprint density at radius 2 is 1.00 bits per heavy atom. The van der Waals surface area contributed by atoms with Crippen LogP contribution in [0.1, 0.15) is 0 Å². The van der Waals surface area contributed by atoms with Gasteiger partial charge in [0.2, 0.25) is 0 Å². The minimum absolute atomic E-state index is 0.209. The van der Waals surface area contributed by atoms with Crippen molar-refractivity contribution in [3.63, 3.8) is 0 Å². The van der Waals surface area contributed by atoms with E-state index in [0.717, 1.165) is 33.8 Å². The molecule has 5 aromatic rings. The molecule has 0 spiro atoms. The number of hydrogen-bond donors (Lipinski definition) is 1. The molecule has 5 nitrogen and oxygen atoms in total. The van der Waals surface area contributed by atoms with Crippen molar-refractivity contribution in [3.8, 4) is 51.2 Å². The number of hydrogen-bond acceptors (Lipinski definition) is 5. The maximum atomic E-state index is 9.65. The van der Waals surface area contributed by atoms with Crippen molar-refractivity contribution >= 4 is 0 Å². The molecule has 0 aliphatic carbocycles. The van der Waals surface area contributed by atoms with Gasteiger partial charge >= 0.3 is 0 Å². The van der Waals surface area contributed by atoms with Crippen molar-refractivity contribution in [2.45, 2.75) is 0 Å². The van der Waals surface area contributed by atoms with Crippen LogP contribution in [0.3, 0.4) is 0 Å². The van der Waals surface area contributed by atoms with Gasteiger partial charge in [0.15, 0.2) is 11.6 Å². The fourth-order valence-corrected chi connectivity index (χ4v) is 3.32. The molecular formula is C26H18N4O. The maximum absolute atomic E-state index is 9.65. The first-order valence-electron chi connectivity index (χ1n) is 9.89. The van der Waals surface area contributed by atoms with Gasteiger partial charge in [-0.1, -0.05) is 60.7 Å². The van der Waals surface area contributed by atoms with Crippen LogP contribution in [0, 0.1) is 0 Å². The summed E-state index contributed by atoms with van der Waals surface area (Å²) >= 11 is 0. The number of nitrogens with zero attached hydrogens (tertiary/aromatic N) is 4. The fourth-order valence-electron chi connectivity index (χ4n) is 3.32. The monoisotopic (exact) mass is 402 g/mol. The second-order valence-corrected chi connectivity index (χ2v) is 7.01. The number of aromatic nitrogens is 4. The van der Waals surface area contributed by atoms with Crippen molar-refractivity contribution in [3.05, 3.63) is 103 Å². The average Bonchev–Trinajstić information content (AvgIpc) is 2.85. The molecule has 0 saturated heterocycles. The van der Waals surface area contributed by atoms with E-state index in [-0.39, 0.29) is 5.75 Å². The summed E-state index contributed by atoms with van der Waals surface area (Å²) in [6, 6.07) is 30.7. The van der Waals surface area contributed by atoms with Crippen LogP contribution in [0.4, 0.5) is 0 Å². The van der Waals surface area contributed by atoms with Gasteiger partial charge in [0.25, 0.3) is 0 Å². The van der Waals surface area contributed by atoms with Gasteiger partial charge in [0.05, 0.1) is 17.1 Å². The van der Waals surface area contributed by atoms with Crippen LogP contribution in [-0.4, -0.2) is 25.0 Å². The molecule has 0 fully saturated rings. The molecule has 148 valence electrons. The van der Waals surface area contributed by atoms with E-state index in [0.29, 0.717) is 11.6 Å². The Morgan fingerprint density at radius 1 is 0.484 bits per heavy atom. The highest BCUT2D eigenvalue weighted by Crippen LogP contribution is 2.28. The number of rotatable bonds is 4. The van der Waals surface area contributed by atoms with Gasteiger partial charge < -0.3 is 5.11 Å². The Morgan fingerprint density at radius 3 is 1.61 bits per heavy atom. The SMILES string of the molecule is Oc1ccc(-c2cc(-c3ccccc3)nc(-c3nccc(-c4ccccc4)n3)n2)cc1. The Bertz CT molecular complexity index is 1320. The largest absolute Gasteiger partial charge is 0.508 e. The van der Waals surface area contributed by atoms with Crippen molar-refractivity contribution in [2.75, 3.05) is 0 Å². The molecule has 2 aromatic heterocycles. The van der Waals surface area contributed by atoms with Gasteiger partial charge in [-0.3, -0.25) is 0 Å². The predicted molar refractivity (Wildman–Crippen MR) is 121 cm³/mol. The molecule has 0 unspecified atom stereocenters. The van der Waals surface area contributed by atoms with Crippen LogP contribution < -0.4 is 0 Å². The topological polar surface area (TPSA) is 71.8 Å². The normalized spacial score (nSPS) is 10.7. The van der Waals surface area contributed by atoms with Crippen LogP contribution >= 0.6 is 0 Å². The second kappa shape index (κ2) is 8.16. The average molecular weight is 402 g/mol. The molecule has 0 aliphatic rings. The Hall–Kier alpha value is -4.38. The smallest absolute Gasteiger partial charge is 0.198 e. The van der Waals surface area contributed by atoms with Crippen LogP contribution in [0.5, 0.6) is 5.75 Å². The summed E-state index contributed by atoms with van der Waals surface area (Å²) in [4.78, 5) is 18.7.